The van der Waals surface area contributed by atoms with Crippen molar-refractivity contribution in [2.75, 3.05) is 31.6 Å². The smallest absolute Gasteiger partial charge is 0.418 e. The predicted molar refractivity (Wildman–Crippen MR) is 128 cm³/mol. The molecule has 2 aromatic carbocycles. The van der Waals surface area contributed by atoms with Crippen LogP contribution in [0.2, 0.25) is 18.1 Å². The lowest BCUT2D eigenvalue weighted by Gasteiger charge is -2.42. The van der Waals surface area contributed by atoms with E-state index in [4.69, 9.17) is 9.16 Å². The van der Waals surface area contributed by atoms with Crippen molar-refractivity contribution in [1.29, 1.82) is 0 Å². The summed E-state index contributed by atoms with van der Waals surface area (Å²) < 4.78 is 53.2. The Bertz CT molecular complexity index is 1070. The first kappa shape index (κ1) is 24.8. The summed E-state index contributed by atoms with van der Waals surface area (Å²) in [6.07, 6.45) is -4.58. The number of fused-ring (bicyclic) bond motifs is 1. The molecule has 184 valence electrons. The Kier molecular flexibility index (Phi) is 6.11. The van der Waals surface area contributed by atoms with Crippen LogP contribution in [0.25, 0.3) is 0 Å². The van der Waals surface area contributed by atoms with Crippen molar-refractivity contribution in [3.63, 3.8) is 0 Å². The molecule has 0 spiro atoms. The summed E-state index contributed by atoms with van der Waals surface area (Å²) in [5, 5.41) is 2.58. The molecule has 5 nitrogen and oxygen atoms in total. The van der Waals surface area contributed by atoms with E-state index >= 15 is 0 Å². The van der Waals surface area contributed by atoms with E-state index in [9.17, 15) is 18.0 Å². The number of alkyl halides is 3. The Morgan fingerprint density at radius 2 is 1.65 bits per heavy atom. The van der Waals surface area contributed by atoms with Crippen LogP contribution < -0.4 is 9.74 Å². The molecule has 0 saturated carbocycles. The summed E-state index contributed by atoms with van der Waals surface area (Å²) in [4.78, 5) is 15.5. The molecule has 4 rings (SSSR count). The molecule has 1 amide bonds. The maximum Gasteiger partial charge on any atom is 0.418 e. The highest BCUT2D eigenvalue weighted by Gasteiger charge is 2.55. The molecule has 1 saturated heterocycles. The fourth-order valence-electron chi connectivity index (χ4n) is 4.44. The van der Waals surface area contributed by atoms with E-state index in [1.54, 1.807) is 18.2 Å². The number of halogens is 3. The SMILES string of the molecule is CC(C)(C)[Si](C)(C)Oc1ccc(C2(N3CCOCC3)C(=O)Nc3c(C(F)(F)F)cccc32)cc1. The van der Waals surface area contributed by atoms with Crippen LogP contribution in [0.3, 0.4) is 0 Å². The van der Waals surface area contributed by atoms with Crippen LogP contribution in [-0.4, -0.2) is 45.4 Å². The van der Waals surface area contributed by atoms with Gasteiger partial charge in [-0.2, -0.15) is 13.2 Å². The van der Waals surface area contributed by atoms with E-state index in [1.807, 2.05) is 17.0 Å². The predicted octanol–water partition coefficient (Wildman–Crippen LogP) is 5.62. The minimum absolute atomic E-state index is 0.0129. The van der Waals surface area contributed by atoms with Gasteiger partial charge in [0.25, 0.3) is 5.91 Å². The van der Waals surface area contributed by atoms with E-state index in [2.05, 4.69) is 39.2 Å². The maximum absolute atomic E-state index is 13.8. The van der Waals surface area contributed by atoms with Crippen molar-refractivity contribution in [2.24, 2.45) is 0 Å². The molecule has 2 heterocycles. The van der Waals surface area contributed by atoms with Crippen LogP contribution in [0.15, 0.2) is 42.5 Å². The lowest BCUT2D eigenvalue weighted by molar-refractivity contribution is -0.137. The van der Waals surface area contributed by atoms with Gasteiger partial charge in [-0.15, -0.1) is 0 Å². The average molecular weight is 493 g/mol. The van der Waals surface area contributed by atoms with E-state index in [-0.39, 0.29) is 10.7 Å². The Morgan fingerprint density at radius 3 is 2.21 bits per heavy atom. The third-order valence-corrected chi connectivity index (χ3v) is 11.6. The number of morpholine rings is 1. The highest BCUT2D eigenvalue weighted by molar-refractivity contribution is 6.74. The zero-order valence-electron chi connectivity index (χ0n) is 20.2. The number of ether oxygens (including phenoxy) is 1. The molecule has 2 aliphatic heterocycles. The number of hydrogen-bond donors (Lipinski definition) is 1. The van der Waals surface area contributed by atoms with Crippen LogP contribution >= 0.6 is 0 Å². The van der Waals surface area contributed by atoms with Crippen LogP contribution in [0.4, 0.5) is 18.9 Å². The molecular weight excluding hydrogens is 461 g/mol. The van der Waals surface area contributed by atoms with Gasteiger partial charge in [0.15, 0.2) is 5.54 Å². The van der Waals surface area contributed by atoms with Gasteiger partial charge in [0.1, 0.15) is 5.75 Å². The number of carbonyl (C=O) groups is 1. The lowest BCUT2D eigenvalue weighted by Crippen LogP contribution is -2.55. The van der Waals surface area contributed by atoms with Gasteiger partial charge in [-0.05, 0) is 41.9 Å². The van der Waals surface area contributed by atoms with E-state index in [0.29, 0.717) is 43.2 Å². The highest BCUT2D eigenvalue weighted by Crippen LogP contribution is 2.50. The van der Waals surface area contributed by atoms with E-state index in [0.717, 1.165) is 6.07 Å². The molecule has 0 bridgehead atoms. The second-order valence-electron chi connectivity index (χ2n) is 10.4. The number of nitrogens with one attached hydrogen (secondary N) is 1. The van der Waals surface area contributed by atoms with Gasteiger partial charge in [0.2, 0.25) is 8.32 Å². The van der Waals surface area contributed by atoms with Crippen molar-refractivity contribution in [1.82, 2.24) is 4.90 Å². The van der Waals surface area contributed by atoms with E-state index in [1.165, 1.54) is 6.07 Å². The molecule has 2 aliphatic rings. The third kappa shape index (κ3) is 4.03. The van der Waals surface area contributed by atoms with Crippen LogP contribution in [0.5, 0.6) is 5.75 Å². The number of para-hydroxylation sites is 1. The zero-order valence-corrected chi connectivity index (χ0v) is 21.2. The first-order valence-electron chi connectivity index (χ1n) is 11.4. The lowest BCUT2D eigenvalue weighted by atomic mass is 9.81. The van der Waals surface area contributed by atoms with Gasteiger partial charge in [-0.25, -0.2) is 0 Å². The zero-order chi connectivity index (χ0) is 24.9. The molecule has 0 aliphatic carbocycles. The second kappa shape index (κ2) is 8.39. The number of anilines is 1. The topological polar surface area (TPSA) is 50.8 Å². The standard InChI is InChI=1S/C25H31F3N2O3Si/c1-23(2,3)34(4,5)33-18-11-9-17(10-12-18)24(30-13-15-32-16-14-30)19-7-6-8-20(25(26,27)28)21(19)29-22(24)31/h6-12H,13-16H2,1-5H3,(H,29,31). The van der Waals surface area contributed by atoms with Gasteiger partial charge in [0, 0.05) is 18.7 Å². The molecule has 1 N–H and O–H groups in total. The molecule has 1 fully saturated rings. The molecule has 1 unspecified atom stereocenters. The summed E-state index contributed by atoms with van der Waals surface area (Å²) in [5.74, 6) is 0.203. The Balaban J connectivity index is 1.83. The van der Waals surface area contributed by atoms with Crippen molar-refractivity contribution in [3.8, 4) is 5.75 Å². The molecule has 2 aromatic rings. The van der Waals surface area contributed by atoms with Gasteiger partial charge >= 0.3 is 6.18 Å². The van der Waals surface area contributed by atoms with Crippen molar-refractivity contribution >= 4 is 19.9 Å². The Hall–Kier alpha value is -2.36. The molecule has 9 heteroatoms. The molecule has 34 heavy (non-hydrogen) atoms. The maximum atomic E-state index is 13.8. The Morgan fingerprint density at radius 1 is 1.03 bits per heavy atom. The van der Waals surface area contributed by atoms with Gasteiger partial charge < -0.3 is 14.5 Å². The summed E-state index contributed by atoms with van der Waals surface area (Å²) in [6, 6.07) is 11.2. The van der Waals surface area contributed by atoms with E-state index < -0.39 is 31.5 Å². The number of benzene rings is 2. The normalized spacial score (nSPS) is 21.8. The summed E-state index contributed by atoms with van der Waals surface area (Å²) >= 11 is 0. The summed E-state index contributed by atoms with van der Waals surface area (Å²) in [7, 11) is -2.08. The van der Waals surface area contributed by atoms with Crippen LogP contribution in [-0.2, 0) is 21.2 Å². The van der Waals surface area contributed by atoms with Gasteiger partial charge in [-0.1, -0.05) is 45.0 Å². The van der Waals surface area contributed by atoms with Crippen molar-refractivity contribution in [3.05, 3.63) is 59.2 Å². The number of rotatable bonds is 4. The van der Waals surface area contributed by atoms with Gasteiger partial charge in [-0.3, -0.25) is 9.69 Å². The fraction of sp³-hybridized carbons (Fsp3) is 0.480. The first-order chi connectivity index (χ1) is 15.8. The summed E-state index contributed by atoms with van der Waals surface area (Å²) in [6.45, 7) is 12.4. The number of hydrogen-bond acceptors (Lipinski definition) is 4. The first-order valence-corrected chi connectivity index (χ1v) is 14.3. The minimum atomic E-state index is -4.58. The van der Waals surface area contributed by atoms with Gasteiger partial charge in [0.05, 0.1) is 24.5 Å². The molecular formula is C25H31F3N2O3Si. The largest absolute Gasteiger partial charge is 0.544 e. The highest BCUT2D eigenvalue weighted by atomic mass is 28.4. The van der Waals surface area contributed by atoms with Crippen LogP contribution in [0.1, 0.15) is 37.5 Å². The Labute approximate surface area is 199 Å². The molecule has 1 atom stereocenters. The molecule has 0 aromatic heterocycles. The number of amides is 1. The average Bonchev–Trinajstić information content (AvgIpc) is 3.05. The molecule has 0 radical (unpaired) electrons. The minimum Gasteiger partial charge on any atom is -0.544 e. The quantitative estimate of drug-likeness (QED) is 0.563. The monoisotopic (exact) mass is 492 g/mol. The number of carbonyl (C=O) groups excluding carboxylic acids is 1. The fourth-order valence-corrected chi connectivity index (χ4v) is 5.48. The number of nitrogens with zero attached hydrogens (tertiary/aromatic N) is 1. The van der Waals surface area contributed by atoms with Crippen LogP contribution in [0, 0.1) is 0 Å². The summed E-state index contributed by atoms with van der Waals surface area (Å²) in [5.41, 5.74) is -1.48. The van der Waals surface area contributed by atoms with Crippen molar-refractivity contribution < 1.29 is 27.1 Å². The second-order valence-corrected chi connectivity index (χ2v) is 15.1. The third-order valence-electron chi connectivity index (χ3n) is 7.26. The van der Waals surface area contributed by atoms with Crippen molar-refractivity contribution in [2.45, 2.75) is 50.6 Å².